The first-order valence-electron chi connectivity index (χ1n) is 15.6. The molecule has 1 atom stereocenters. The van der Waals surface area contributed by atoms with Gasteiger partial charge in [0.05, 0.1) is 11.0 Å². The molecule has 0 saturated carbocycles. The molecule has 1 aliphatic rings. The molecule has 45 heavy (non-hydrogen) atoms. The first-order chi connectivity index (χ1) is 22.3. The van der Waals surface area contributed by atoms with E-state index in [0.29, 0.717) is 0 Å². The molecular weight excluding hydrogens is 546 g/mol. The minimum atomic E-state index is 0.254. The number of furan rings is 1. The van der Waals surface area contributed by atoms with Gasteiger partial charge in [-0.05, 0) is 75.3 Å². The second-order valence-electron chi connectivity index (χ2n) is 12.1. The summed E-state index contributed by atoms with van der Waals surface area (Å²) in [4.78, 5) is 0. The Morgan fingerprint density at radius 2 is 1.09 bits per heavy atom. The number of fused-ring (bicyclic) bond motifs is 9. The summed E-state index contributed by atoms with van der Waals surface area (Å²) in [6.45, 7) is 0. The Bertz CT molecular complexity index is 2600. The monoisotopic (exact) mass is 573 g/mol. The minimum Gasteiger partial charge on any atom is -0.456 e. The van der Waals surface area contributed by atoms with Gasteiger partial charge in [-0.15, -0.1) is 0 Å². The van der Waals surface area contributed by atoms with Crippen LogP contribution in [0.3, 0.4) is 0 Å². The number of hydrogen-bond donors (Lipinski definition) is 0. The van der Waals surface area contributed by atoms with Gasteiger partial charge in [0, 0.05) is 39.2 Å². The highest BCUT2D eigenvalue weighted by molar-refractivity contribution is 6.11. The second kappa shape index (κ2) is 9.32. The first kappa shape index (κ1) is 24.6. The molecule has 9 aromatic rings. The van der Waals surface area contributed by atoms with Gasteiger partial charge in [0.2, 0.25) is 0 Å². The second-order valence-corrected chi connectivity index (χ2v) is 12.1. The molecule has 7 aromatic carbocycles. The van der Waals surface area contributed by atoms with Gasteiger partial charge in [-0.25, -0.2) is 0 Å². The van der Waals surface area contributed by atoms with Crippen molar-refractivity contribution in [2.45, 2.75) is 5.92 Å². The van der Waals surface area contributed by atoms with Crippen molar-refractivity contribution in [1.82, 2.24) is 4.57 Å². The lowest BCUT2D eigenvalue weighted by atomic mass is 9.89. The van der Waals surface area contributed by atoms with Crippen molar-refractivity contribution in [2.24, 2.45) is 0 Å². The molecule has 2 heterocycles. The zero-order valence-corrected chi connectivity index (χ0v) is 24.4. The third-order valence-electron chi connectivity index (χ3n) is 9.69. The van der Waals surface area contributed by atoms with E-state index in [9.17, 15) is 0 Å². The number of para-hydroxylation sites is 2. The van der Waals surface area contributed by atoms with Crippen molar-refractivity contribution < 1.29 is 4.42 Å². The predicted molar refractivity (Wildman–Crippen MR) is 186 cm³/mol. The van der Waals surface area contributed by atoms with Crippen LogP contribution in [0.5, 0.6) is 0 Å². The van der Waals surface area contributed by atoms with Crippen LogP contribution in [0.1, 0.15) is 22.6 Å². The van der Waals surface area contributed by atoms with Gasteiger partial charge in [0.25, 0.3) is 0 Å². The largest absolute Gasteiger partial charge is 0.456 e. The Hall–Kier alpha value is -5.86. The van der Waals surface area contributed by atoms with E-state index < -0.39 is 0 Å². The number of rotatable bonds is 3. The van der Waals surface area contributed by atoms with E-state index in [1.165, 1.54) is 60.8 Å². The molecule has 10 rings (SSSR count). The predicted octanol–water partition coefficient (Wildman–Crippen LogP) is 11.5. The van der Waals surface area contributed by atoms with Crippen molar-refractivity contribution >= 4 is 43.7 Å². The van der Waals surface area contributed by atoms with Crippen LogP contribution in [0.2, 0.25) is 0 Å². The highest BCUT2D eigenvalue weighted by Crippen LogP contribution is 2.49. The maximum Gasteiger partial charge on any atom is 0.137 e. The topological polar surface area (TPSA) is 18.1 Å². The number of aromatic nitrogens is 1. The van der Waals surface area contributed by atoms with E-state index >= 15 is 0 Å². The first-order valence-corrected chi connectivity index (χ1v) is 15.6. The van der Waals surface area contributed by atoms with Gasteiger partial charge >= 0.3 is 0 Å². The van der Waals surface area contributed by atoms with Crippen molar-refractivity contribution in [1.29, 1.82) is 0 Å². The van der Waals surface area contributed by atoms with Crippen molar-refractivity contribution in [3.63, 3.8) is 0 Å². The zero-order chi connectivity index (χ0) is 29.5. The summed E-state index contributed by atoms with van der Waals surface area (Å²) >= 11 is 0. The summed E-state index contributed by atoms with van der Waals surface area (Å²) in [7, 11) is 0. The maximum absolute atomic E-state index is 6.31. The fourth-order valence-electron chi connectivity index (χ4n) is 7.67. The smallest absolute Gasteiger partial charge is 0.137 e. The molecule has 210 valence electrons. The molecule has 2 nitrogen and oxygen atoms in total. The van der Waals surface area contributed by atoms with E-state index in [1.807, 2.05) is 12.1 Å². The van der Waals surface area contributed by atoms with Crippen LogP contribution >= 0.6 is 0 Å². The number of hydrogen-bond acceptors (Lipinski definition) is 1. The molecule has 0 amide bonds. The highest BCUT2D eigenvalue weighted by Gasteiger charge is 2.29. The molecule has 1 unspecified atom stereocenters. The molecule has 1 aliphatic carbocycles. The van der Waals surface area contributed by atoms with Crippen LogP contribution in [-0.2, 0) is 0 Å². The normalized spacial score (nSPS) is 14.0. The summed E-state index contributed by atoms with van der Waals surface area (Å²) in [5, 5.41) is 4.78. The van der Waals surface area contributed by atoms with E-state index in [1.54, 1.807) is 0 Å². The average molecular weight is 574 g/mol. The molecule has 0 fully saturated rings. The van der Waals surface area contributed by atoms with Crippen LogP contribution in [-0.4, -0.2) is 4.57 Å². The molecule has 0 aliphatic heterocycles. The third kappa shape index (κ3) is 3.57. The van der Waals surface area contributed by atoms with Crippen molar-refractivity contribution in [3.05, 3.63) is 174 Å². The van der Waals surface area contributed by atoms with Gasteiger partial charge in [-0.2, -0.15) is 0 Å². The maximum atomic E-state index is 6.31. The SMILES string of the molecule is c1ccc(C2c3ccccc3-c3cc(-c4ccc5c6ccccc6n(-c6ccc7c(c6)oc6ccccc67)c5c4)ccc32)cc1. The lowest BCUT2D eigenvalue weighted by Crippen LogP contribution is -1.98. The summed E-state index contributed by atoms with van der Waals surface area (Å²) < 4.78 is 8.69. The fourth-order valence-corrected chi connectivity index (χ4v) is 7.67. The number of nitrogens with zero attached hydrogens (tertiary/aromatic N) is 1. The summed E-state index contributed by atoms with van der Waals surface area (Å²) in [5.41, 5.74) is 14.5. The Morgan fingerprint density at radius 3 is 2.02 bits per heavy atom. The van der Waals surface area contributed by atoms with Crippen LogP contribution in [0.4, 0.5) is 0 Å². The molecular formula is C43H27NO. The Morgan fingerprint density at radius 1 is 0.422 bits per heavy atom. The average Bonchev–Trinajstić information content (AvgIpc) is 3.75. The van der Waals surface area contributed by atoms with Crippen molar-refractivity contribution in [3.8, 4) is 27.9 Å². The standard InChI is InChI=1S/C43H27NO/c1-2-10-27(11-3-1)43-36-15-5-4-12-31(36)38-24-28(19-22-37(38)43)29-18-21-33-32-13-6-8-16-39(32)44(40(33)25-29)30-20-23-35-34-14-7-9-17-41(34)45-42(35)26-30/h1-26,43H. The summed E-state index contributed by atoms with van der Waals surface area (Å²) in [6.07, 6.45) is 0. The van der Waals surface area contributed by atoms with Gasteiger partial charge in [-0.3, -0.25) is 0 Å². The van der Waals surface area contributed by atoms with Crippen LogP contribution < -0.4 is 0 Å². The van der Waals surface area contributed by atoms with E-state index in [2.05, 4.69) is 150 Å². The summed E-state index contributed by atoms with van der Waals surface area (Å²) in [6, 6.07) is 57.3. The van der Waals surface area contributed by atoms with Crippen molar-refractivity contribution in [2.75, 3.05) is 0 Å². The van der Waals surface area contributed by atoms with E-state index in [-0.39, 0.29) is 5.92 Å². The minimum absolute atomic E-state index is 0.254. The zero-order valence-electron chi connectivity index (χ0n) is 24.4. The fraction of sp³-hybridized carbons (Fsp3) is 0.0233. The highest BCUT2D eigenvalue weighted by atomic mass is 16.3. The summed E-state index contributed by atoms with van der Waals surface area (Å²) in [5.74, 6) is 0.254. The lowest BCUT2D eigenvalue weighted by molar-refractivity contribution is 0.668. The van der Waals surface area contributed by atoms with E-state index in [4.69, 9.17) is 4.42 Å². The Labute approximate surface area is 260 Å². The third-order valence-corrected chi connectivity index (χ3v) is 9.69. The van der Waals surface area contributed by atoms with Gasteiger partial charge in [-0.1, -0.05) is 115 Å². The van der Waals surface area contributed by atoms with Crippen LogP contribution in [0.15, 0.2) is 162 Å². The molecule has 0 saturated heterocycles. The quantitative estimate of drug-likeness (QED) is 0.206. The molecule has 0 radical (unpaired) electrons. The van der Waals surface area contributed by atoms with Gasteiger partial charge in [0.15, 0.2) is 0 Å². The molecule has 0 N–H and O–H groups in total. The van der Waals surface area contributed by atoms with Crippen LogP contribution in [0.25, 0.3) is 71.7 Å². The number of benzene rings is 7. The van der Waals surface area contributed by atoms with Gasteiger partial charge < -0.3 is 8.98 Å². The van der Waals surface area contributed by atoms with Crippen LogP contribution in [0, 0.1) is 0 Å². The van der Waals surface area contributed by atoms with E-state index in [0.717, 1.165) is 27.6 Å². The lowest BCUT2D eigenvalue weighted by Gasteiger charge is -2.14. The molecule has 0 bridgehead atoms. The molecule has 2 heteroatoms. The Balaban J connectivity index is 1.16. The molecule has 0 spiro atoms. The Kier molecular flexibility index (Phi) is 5.09. The van der Waals surface area contributed by atoms with Gasteiger partial charge in [0.1, 0.15) is 11.2 Å². The molecule has 2 aromatic heterocycles.